The highest BCUT2D eigenvalue weighted by Gasteiger charge is 2.49. The third-order valence-corrected chi connectivity index (χ3v) is 6.89. The van der Waals surface area contributed by atoms with Crippen molar-refractivity contribution >= 4 is 32.7 Å². The molecule has 0 aliphatic carbocycles. The van der Waals surface area contributed by atoms with Crippen molar-refractivity contribution in [2.24, 2.45) is 0 Å². The summed E-state index contributed by atoms with van der Waals surface area (Å²) in [5, 5.41) is 11.1. The van der Waals surface area contributed by atoms with Crippen LogP contribution in [0.15, 0.2) is 22.7 Å². The second kappa shape index (κ2) is 8.18. The van der Waals surface area contributed by atoms with Crippen molar-refractivity contribution in [2.75, 3.05) is 50.9 Å². The summed E-state index contributed by atoms with van der Waals surface area (Å²) in [5.41, 5.74) is 0.515. The number of benzene rings is 1. The number of alkyl halides is 1. The molecule has 1 N–H and O–H groups in total. The molecule has 0 saturated carbocycles. The van der Waals surface area contributed by atoms with E-state index < -0.39 is 12.3 Å². The summed E-state index contributed by atoms with van der Waals surface area (Å²) >= 11 is 3.51. The van der Waals surface area contributed by atoms with Crippen LogP contribution in [-0.4, -0.2) is 83.8 Å². The Labute approximate surface area is 183 Å². The monoisotopic (exact) mass is 480 g/mol. The van der Waals surface area contributed by atoms with Crippen LogP contribution in [0.25, 0.3) is 10.9 Å². The van der Waals surface area contributed by atoms with Gasteiger partial charge in [0.2, 0.25) is 0 Å². The fraction of sp³-hybridized carbons (Fsp3) is 0.619. The minimum atomic E-state index is -0.795. The maximum absolute atomic E-state index is 14.1. The largest absolute Gasteiger partial charge is 0.461 e. The average Bonchev–Trinajstić information content (AvgIpc) is 3.14. The van der Waals surface area contributed by atoms with Gasteiger partial charge in [0.25, 0.3) is 0 Å². The molecule has 162 valence electrons. The predicted octanol–water partition coefficient (Wildman–Crippen LogP) is 2.55. The summed E-state index contributed by atoms with van der Waals surface area (Å²) in [6, 6.07) is 6.15. The maximum atomic E-state index is 14.1. The fourth-order valence-corrected chi connectivity index (χ4v) is 5.35. The molecule has 0 spiro atoms. The lowest BCUT2D eigenvalue weighted by Gasteiger charge is -2.31. The molecule has 7 nitrogen and oxygen atoms in total. The van der Waals surface area contributed by atoms with Gasteiger partial charge in [0.1, 0.15) is 18.6 Å². The number of hydrogen-bond acceptors (Lipinski definition) is 7. The van der Waals surface area contributed by atoms with E-state index in [4.69, 9.17) is 14.5 Å². The zero-order valence-electron chi connectivity index (χ0n) is 16.8. The molecular weight excluding hydrogens is 455 g/mol. The smallest absolute Gasteiger partial charge is 0.319 e. The van der Waals surface area contributed by atoms with Crippen LogP contribution in [0.4, 0.5) is 10.2 Å². The number of anilines is 1. The third kappa shape index (κ3) is 3.88. The molecule has 3 aliphatic heterocycles. The van der Waals surface area contributed by atoms with Gasteiger partial charge in [-0.3, -0.25) is 4.90 Å². The minimum Gasteiger partial charge on any atom is -0.461 e. The minimum absolute atomic E-state index is 0.248. The maximum Gasteiger partial charge on any atom is 0.319 e. The molecule has 4 heterocycles. The Morgan fingerprint density at radius 3 is 3.10 bits per heavy atom. The summed E-state index contributed by atoms with van der Waals surface area (Å²) in [6.07, 6.45) is 1.14. The molecule has 1 aromatic heterocycles. The van der Waals surface area contributed by atoms with Gasteiger partial charge in [-0.1, -0.05) is 15.9 Å². The van der Waals surface area contributed by atoms with Gasteiger partial charge >= 0.3 is 6.01 Å². The number of fused-ring (bicyclic) bond motifs is 2. The molecule has 0 amide bonds. The van der Waals surface area contributed by atoms with Crippen LogP contribution in [0.5, 0.6) is 6.01 Å². The Hall–Kier alpha value is -1.55. The third-order valence-electron chi connectivity index (χ3n) is 6.40. The van der Waals surface area contributed by atoms with Crippen molar-refractivity contribution in [1.29, 1.82) is 0 Å². The number of nitrogens with zero attached hydrogens (tertiary/aromatic N) is 4. The van der Waals surface area contributed by atoms with Crippen LogP contribution >= 0.6 is 15.9 Å². The van der Waals surface area contributed by atoms with Gasteiger partial charge in [0.15, 0.2) is 0 Å². The number of hydrogen-bond donors (Lipinski definition) is 1. The van der Waals surface area contributed by atoms with Crippen molar-refractivity contribution in [3.05, 3.63) is 22.7 Å². The highest BCUT2D eigenvalue weighted by Crippen LogP contribution is 2.40. The van der Waals surface area contributed by atoms with Crippen LogP contribution in [0.2, 0.25) is 0 Å². The van der Waals surface area contributed by atoms with Gasteiger partial charge in [0.05, 0.1) is 30.4 Å². The van der Waals surface area contributed by atoms with E-state index in [2.05, 4.69) is 25.8 Å². The van der Waals surface area contributed by atoms with E-state index in [0.717, 1.165) is 40.6 Å². The zero-order chi connectivity index (χ0) is 20.7. The first-order valence-corrected chi connectivity index (χ1v) is 11.3. The number of aliphatic hydroxyl groups is 1. The van der Waals surface area contributed by atoms with E-state index in [1.807, 2.05) is 23.1 Å². The molecule has 3 atom stereocenters. The second-order valence-electron chi connectivity index (χ2n) is 8.53. The van der Waals surface area contributed by atoms with Crippen LogP contribution < -0.4 is 9.64 Å². The molecule has 3 fully saturated rings. The number of ether oxygens (including phenoxy) is 2. The summed E-state index contributed by atoms with van der Waals surface area (Å²) in [7, 11) is 0. The summed E-state index contributed by atoms with van der Waals surface area (Å²) in [6.45, 7) is 3.70. The molecule has 0 radical (unpaired) electrons. The quantitative estimate of drug-likeness (QED) is 0.720. The number of rotatable bonds is 4. The van der Waals surface area contributed by atoms with Gasteiger partial charge in [-0.25, -0.2) is 4.39 Å². The zero-order valence-corrected chi connectivity index (χ0v) is 18.4. The molecular formula is C21H26BrFN4O3. The van der Waals surface area contributed by atoms with Crippen LogP contribution in [-0.2, 0) is 4.74 Å². The van der Waals surface area contributed by atoms with Crippen molar-refractivity contribution in [1.82, 2.24) is 14.9 Å². The number of β-amino-alcohol motifs (C(OH)–C–C–N with tert-alkyl or cyclic N) is 1. The van der Waals surface area contributed by atoms with E-state index in [1.165, 1.54) is 0 Å². The lowest BCUT2D eigenvalue weighted by Crippen LogP contribution is -2.43. The summed E-state index contributed by atoms with van der Waals surface area (Å²) in [4.78, 5) is 13.6. The fourth-order valence-electron chi connectivity index (χ4n) is 5.00. The van der Waals surface area contributed by atoms with Crippen molar-refractivity contribution in [3.63, 3.8) is 0 Å². The molecule has 0 unspecified atom stereocenters. The molecule has 5 rings (SSSR count). The van der Waals surface area contributed by atoms with Gasteiger partial charge in [0, 0.05) is 35.9 Å². The van der Waals surface area contributed by atoms with E-state index in [9.17, 15) is 9.50 Å². The van der Waals surface area contributed by atoms with Gasteiger partial charge in [-0.15, -0.1) is 0 Å². The Balaban J connectivity index is 1.46. The van der Waals surface area contributed by atoms with E-state index in [1.54, 1.807) is 0 Å². The normalized spacial score (nSPS) is 29.9. The lowest BCUT2D eigenvalue weighted by molar-refractivity contribution is 0.0597. The molecule has 2 aromatic rings. The van der Waals surface area contributed by atoms with E-state index in [-0.39, 0.29) is 5.54 Å². The standard InChI is InChI=1S/C21H26BrFN4O3/c22-14-2-3-17-18(8-14)24-20(25-19(17)26-6-7-29-12-16(28)11-26)30-13-21-4-1-5-27(21)10-15(23)9-21/h2-3,8,15-16,28H,1,4-7,9-13H2/t15-,16+,21+/m1/s1. The summed E-state index contributed by atoms with van der Waals surface area (Å²) in [5.74, 6) is 0.725. The summed E-state index contributed by atoms with van der Waals surface area (Å²) < 4.78 is 26.6. The molecule has 0 bridgehead atoms. The topological polar surface area (TPSA) is 71.0 Å². The molecule has 9 heteroatoms. The van der Waals surface area contributed by atoms with Crippen molar-refractivity contribution < 1.29 is 19.0 Å². The lowest BCUT2D eigenvalue weighted by atomic mass is 9.95. The molecule has 30 heavy (non-hydrogen) atoms. The highest BCUT2D eigenvalue weighted by molar-refractivity contribution is 9.10. The van der Waals surface area contributed by atoms with Crippen LogP contribution in [0.1, 0.15) is 19.3 Å². The second-order valence-corrected chi connectivity index (χ2v) is 9.45. The van der Waals surface area contributed by atoms with E-state index in [0.29, 0.717) is 51.9 Å². The number of aliphatic hydroxyl groups excluding tert-OH is 1. The number of aromatic nitrogens is 2. The first kappa shape index (κ1) is 20.4. The average molecular weight is 481 g/mol. The molecule has 3 saturated heterocycles. The van der Waals surface area contributed by atoms with Gasteiger partial charge < -0.3 is 19.5 Å². The highest BCUT2D eigenvalue weighted by atomic mass is 79.9. The van der Waals surface area contributed by atoms with Crippen LogP contribution in [0, 0.1) is 0 Å². The van der Waals surface area contributed by atoms with E-state index >= 15 is 0 Å². The van der Waals surface area contributed by atoms with Crippen molar-refractivity contribution in [2.45, 2.75) is 37.1 Å². The first-order chi connectivity index (χ1) is 14.5. The Morgan fingerprint density at radius 2 is 2.20 bits per heavy atom. The Bertz CT molecular complexity index is 935. The molecule has 1 aromatic carbocycles. The van der Waals surface area contributed by atoms with Gasteiger partial charge in [-0.05, 0) is 37.6 Å². The first-order valence-electron chi connectivity index (χ1n) is 10.5. The van der Waals surface area contributed by atoms with Crippen LogP contribution in [0.3, 0.4) is 0 Å². The SMILES string of the molecule is O[C@@H]1COCCN(c2nc(OC[C@@]34CCCN3C[C@H](F)C4)nc3cc(Br)ccc23)C1. The predicted molar refractivity (Wildman–Crippen MR) is 115 cm³/mol. The van der Waals surface area contributed by atoms with Crippen molar-refractivity contribution in [3.8, 4) is 6.01 Å². The Kier molecular flexibility index (Phi) is 5.55. The Morgan fingerprint density at radius 1 is 1.30 bits per heavy atom. The molecule has 3 aliphatic rings. The van der Waals surface area contributed by atoms with Gasteiger partial charge in [-0.2, -0.15) is 9.97 Å². The number of halogens is 2.